The van der Waals surface area contributed by atoms with E-state index in [1.54, 1.807) is 12.1 Å². The molecule has 0 saturated heterocycles. The van der Waals surface area contributed by atoms with Crippen molar-refractivity contribution >= 4 is 39.1 Å². The summed E-state index contributed by atoms with van der Waals surface area (Å²) in [6.45, 7) is 3.52. The molecule has 1 aliphatic heterocycles. The van der Waals surface area contributed by atoms with Gasteiger partial charge >= 0.3 is 0 Å². The number of anilines is 2. The molecule has 0 radical (unpaired) electrons. The maximum Gasteiger partial charge on any atom is 0.253 e. The van der Waals surface area contributed by atoms with Gasteiger partial charge in [0.1, 0.15) is 0 Å². The molecule has 0 unspecified atom stereocenters. The molecule has 2 aromatic rings. The lowest BCUT2D eigenvalue weighted by Gasteiger charge is -2.18. The second kappa shape index (κ2) is 8.86. The fourth-order valence-corrected chi connectivity index (χ4v) is 4.20. The summed E-state index contributed by atoms with van der Waals surface area (Å²) in [6, 6.07) is 11.2. The van der Waals surface area contributed by atoms with Crippen LogP contribution in [0.25, 0.3) is 0 Å². The van der Waals surface area contributed by atoms with E-state index in [1.807, 2.05) is 12.1 Å². The van der Waals surface area contributed by atoms with Gasteiger partial charge in [0.05, 0.1) is 29.2 Å². The van der Waals surface area contributed by atoms with Gasteiger partial charge < -0.3 is 16.0 Å². The lowest BCUT2D eigenvalue weighted by atomic mass is 10.0. The van der Waals surface area contributed by atoms with Crippen molar-refractivity contribution in [1.29, 1.82) is 0 Å². The van der Waals surface area contributed by atoms with Crippen LogP contribution in [0.4, 0.5) is 11.4 Å². The minimum absolute atomic E-state index is 0.0371. The minimum atomic E-state index is -4.05. The summed E-state index contributed by atoms with van der Waals surface area (Å²) in [5, 5.41) is 7.62. The van der Waals surface area contributed by atoms with Gasteiger partial charge in [0, 0.05) is 12.7 Å². The van der Waals surface area contributed by atoms with Crippen LogP contribution >= 0.6 is 0 Å². The fourth-order valence-electron chi connectivity index (χ4n) is 3.05. The van der Waals surface area contributed by atoms with Crippen LogP contribution in [0, 0.1) is 0 Å². The summed E-state index contributed by atoms with van der Waals surface area (Å²) in [6.07, 6.45) is 0. The quantitative estimate of drug-likeness (QED) is 0.626. The van der Waals surface area contributed by atoms with Crippen molar-refractivity contribution in [3.63, 3.8) is 0 Å². The van der Waals surface area contributed by atoms with Crippen molar-refractivity contribution < 1.29 is 22.8 Å². The van der Waals surface area contributed by atoms with Gasteiger partial charge in [-0.25, -0.2) is 8.42 Å². The number of carbonyl (C=O) groups excluding carboxylic acids is 3. The Bertz CT molecular complexity index is 1130. The van der Waals surface area contributed by atoms with Crippen LogP contribution in [0.15, 0.2) is 47.4 Å². The van der Waals surface area contributed by atoms with Crippen molar-refractivity contribution in [2.24, 2.45) is 0 Å². The molecule has 9 nitrogen and oxygen atoms in total. The zero-order chi connectivity index (χ0) is 22.8. The average molecular weight is 445 g/mol. The Morgan fingerprint density at radius 3 is 2.45 bits per heavy atom. The second-order valence-electron chi connectivity index (χ2n) is 7.52. The van der Waals surface area contributed by atoms with Crippen LogP contribution in [0.1, 0.15) is 35.7 Å². The molecule has 164 valence electrons. The molecule has 0 bridgehead atoms. The summed E-state index contributed by atoms with van der Waals surface area (Å²) in [5.41, 5.74) is 1.96. The number of fused-ring (bicyclic) bond motifs is 1. The molecule has 0 atom stereocenters. The van der Waals surface area contributed by atoms with E-state index in [-0.39, 0.29) is 22.7 Å². The molecule has 0 saturated carbocycles. The molecule has 0 fully saturated rings. The molecule has 0 spiro atoms. The highest BCUT2D eigenvalue weighted by Crippen LogP contribution is 2.24. The van der Waals surface area contributed by atoms with Gasteiger partial charge in [-0.2, -0.15) is 4.31 Å². The number of sulfonamides is 1. The first-order valence-corrected chi connectivity index (χ1v) is 11.1. The molecule has 1 aliphatic rings. The number of nitrogens with one attached hydrogen (secondary N) is 3. The molecule has 1 heterocycles. The normalized spacial score (nSPS) is 14.0. The summed E-state index contributed by atoms with van der Waals surface area (Å²) < 4.78 is 26.7. The summed E-state index contributed by atoms with van der Waals surface area (Å²) >= 11 is 0. The van der Waals surface area contributed by atoms with Crippen LogP contribution in [-0.4, -0.2) is 50.6 Å². The Morgan fingerprint density at radius 1 is 1.13 bits per heavy atom. The molecule has 31 heavy (non-hydrogen) atoms. The van der Waals surface area contributed by atoms with Crippen LogP contribution in [0.2, 0.25) is 0 Å². The van der Waals surface area contributed by atoms with Gasteiger partial charge in [-0.3, -0.25) is 14.4 Å². The molecular weight excluding hydrogens is 420 g/mol. The van der Waals surface area contributed by atoms with Crippen molar-refractivity contribution in [3.05, 3.63) is 53.6 Å². The van der Waals surface area contributed by atoms with Crippen LogP contribution in [-0.2, 0) is 19.6 Å². The van der Waals surface area contributed by atoms with Gasteiger partial charge in [-0.1, -0.05) is 26.0 Å². The van der Waals surface area contributed by atoms with E-state index in [9.17, 15) is 22.8 Å². The van der Waals surface area contributed by atoms with Gasteiger partial charge in [0.2, 0.25) is 21.8 Å². The average Bonchev–Trinajstić information content (AvgIpc) is 2.86. The molecule has 0 aromatic heterocycles. The maximum absolute atomic E-state index is 12.9. The number of benzene rings is 2. The SMILES string of the molecule is CC(C)c1ccc(NC(=O)CN(C)S(=O)(=O)c2ccc3c(c2)C(=O)NCC(=O)N3)cc1. The van der Waals surface area contributed by atoms with Gasteiger partial charge in [0.15, 0.2) is 0 Å². The topological polar surface area (TPSA) is 125 Å². The summed E-state index contributed by atoms with van der Waals surface area (Å²) in [7, 11) is -2.76. The first kappa shape index (κ1) is 22.4. The largest absolute Gasteiger partial charge is 0.343 e. The number of hydrogen-bond donors (Lipinski definition) is 3. The number of rotatable bonds is 6. The number of hydrogen-bond acceptors (Lipinski definition) is 5. The highest BCUT2D eigenvalue weighted by atomic mass is 32.2. The summed E-state index contributed by atoms with van der Waals surface area (Å²) in [4.78, 5) is 36.0. The van der Waals surface area contributed by atoms with E-state index in [4.69, 9.17) is 0 Å². The second-order valence-corrected chi connectivity index (χ2v) is 9.57. The number of amides is 3. The standard InChI is InChI=1S/C21H24N4O5S/c1-13(2)14-4-6-15(7-5-14)23-20(27)12-25(3)31(29,30)16-8-9-18-17(10-16)21(28)22-11-19(26)24-18/h4-10,13H,11-12H2,1-3H3,(H,22,28)(H,23,27)(H,24,26). The zero-order valence-corrected chi connectivity index (χ0v) is 18.2. The minimum Gasteiger partial charge on any atom is -0.343 e. The molecular formula is C21H24N4O5S. The predicted molar refractivity (Wildman–Crippen MR) is 116 cm³/mol. The summed E-state index contributed by atoms with van der Waals surface area (Å²) in [5.74, 6) is -1.10. The fraction of sp³-hybridized carbons (Fsp3) is 0.286. The van der Waals surface area contributed by atoms with Gasteiger partial charge in [-0.15, -0.1) is 0 Å². The van der Waals surface area contributed by atoms with Crippen LogP contribution in [0.3, 0.4) is 0 Å². The van der Waals surface area contributed by atoms with Gasteiger partial charge in [-0.05, 0) is 41.8 Å². The molecule has 3 N–H and O–H groups in total. The van der Waals surface area contributed by atoms with Crippen LogP contribution in [0.5, 0.6) is 0 Å². The smallest absolute Gasteiger partial charge is 0.253 e. The Labute approximate surface area is 180 Å². The van der Waals surface area contributed by atoms with E-state index >= 15 is 0 Å². The Hall–Kier alpha value is -3.24. The monoisotopic (exact) mass is 444 g/mol. The third-order valence-electron chi connectivity index (χ3n) is 4.85. The maximum atomic E-state index is 12.9. The predicted octanol–water partition coefficient (Wildman–Crippen LogP) is 1.75. The van der Waals surface area contributed by atoms with Crippen LogP contribution < -0.4 is 16.0 Å². The zero-order valence-electron chi connectivity index (χ0n) is 17.4. The van der Waals surface area contributed by atoms with E-state index in [2.05, 4.69) is 29.8 Å². The first-order valence-electron chi connectivity index (χ1n) is 9.66. The van der Waals surface area contributed by atoms with E-state index < -0.39 is 34.3 Å². The van der Waals surface area contributed by atoms with Crippen molar-refractivity contribution in [2.45, 2.75) is 24.7 Å². The Kier molecular flexibility index (Phi) is 6.42. The van der Waals surface area contributed by atoms with Crippen molar-refractivity contribution in [2.75, 3.05) is 30.8 Å². The van der Waals surface area contributed by atoms with E-state index in [1.165, 1.54) is 25.2 Å². The first-order chi connectivity index (χ1) is 14.6. The number of nitrogens with zero attached hydrogens (tertiary/aromatic N) is 1. The third-order valence-corrected chi connectivity index (χ3v) is 6.65. The molecule has 3 amide bonds. The lowest BCUT2D eigenvalue weighted by molar-refractivity contribution is -0.116. The van der Waals surface area contributed by atoms with Crippen molar-refractivity contribution in [1.82, 2.24) is 9.62 Å². The third kappa shape index (κ3) is 5.09. The Balaban J connectivity index is 1.73. The van der Waals surface area contributed by atoms with E-state index in [0.717, 1.165) is 9.87 Å². The molecule has 10 heteroatoms. The number of likely N-dealkylation sites (N-methyl/N-ethyl adjacent to an activating group) is 1. The Morgan fingerprint density at radius 2 is 1.81 bits per heavy atom. The molecule has 0 aliphatic carbocycles. The lowest BCUT2D eigenvalue weighted by Crippen LogP contribution is -2.35. The molecule has 2 aromatic carbocycles. The molecule has 3 rings (SSSR count). The highest BCUT2D eigenvalue weighted by Gasteiger charge is 2.26. The highest BCUT2D eigenvalue weighted by molar-refractivity contribution is 7.89. The van der Waals surface area contributed by atoms with E-state index in [0.29, 0.717) is 11.6 Å². The van der Waals surface area contributed by atoms with Gasteiger partial charge in [0.25, 0.3) is 5.91 Å². The van der Waals surface area contributed by atoms with Crippen molar-refractivity contribution in [3.8, 4) is 0 Å². The number of carbonyl (C=O) groups is 3.